The molecule has 16 heavy (non-hydrogen) atoms. The zero-order valence-electron chi connectivity index (χ0n) is 11.4. The van der Waals surface area contributed by atoms with Gasteiger partial charge in [0.25, 0.3) is 0 Å². The smallest absolute Gasteiger partial charge is 0.323 e. The Bertz CT molecular complexity index is 214. The maximum absolute atomic E-state index is 11.4. The first-order chi connectivity index (χ1) is 7.46. The number of carbonyl (C=O) groups is 1. The van der Waals surface area contributed by atoms with Gasteiger partial charge in [0.05, 0.1) is 0 Å². The minimum absolute atomic E-state index is 0.602. The Morgan fingerprint density at radius 2 is 1.75 bits per heavy atom. The number of carboxylic acids is 1. The van der Waals surface area contributed by atoms with E-state index in [0.717, 1.165) is 25.9 Å². The van der Waals surface area contributed by atoms with Crippen LogP contribution in [0.3, 0.4) is 0 Å². The standard InChI is InChI=1S/C13H27NO2/c1-6-11(7-2)10-14(9-4)13(5,8-3)12(15)16/h11H,6-10H2,1-5H3,(H,15,16). The second-order valence-electron chi connectivity index (χ2n) is 4.65. The van der Waals surface area contributed by atoms with E-state index in [9.17, 15) is 9.90 Å². The number of hydrogen-bond acceptors (Lipinski definition) is 2. The SMILES string of the molecule is CCC(CC)CN(CC)C(C)(CC)C(=O)O. The van der Waals surface area contributed by atoms with Crippen LogP contribution in [-0.2, 0) is 4.79 Å². The van der Waals surface area contributed by atoms with Gasteiger partial charge in [0.1, 0.15) is 5.54 Å². The highest BCUT2D eigenvalue weighted by Crippen LogP contribution is 2.22. The van der Waals surface area contributed by atoms with Crippen LogP contribution in [0.4, 0.5) is 0 Å². The van der Waals surface area contributed by atoms with Crippen molar-refractivity contribution in [1.82, 2.24) is 4.90 Å². The molecule has 0 spiro atoms. The maximum atomic E-state index is 11.4. The van der Waals surface area contributed by atoms with Crippen LogP contribution in [-0.4, -0.2) is 34.6 Å². The van der Waals surface area contributed by atoms with Gasteiger partial charge in [-0.2, -0.15) is 0 Å². The summed E-state index contributed by atoms with van der Waals surface area (Å²) in [5, 5.41) is 9.35. The minimum atomic E-state index is -0.711. The summed E-state index contributed by atoms with van der Waals surface area (Å²) in [6, 6.07) is 0. The first-order valence-electron chi connectivity index (χ1n) is 6.44. The van der Waals surface area contributed by atoms with Gasteiger partial charge in [-0.25, -0.2) is 0 Å². The van der Waals surface area contributed by atoms with Crippen molar-refractivity contribution < 1.29 is 9.90 Å². The highest BCUT2D eigenvalue weighted by Gasteiger charge is 2.37. The number of likely N-dealkylation sites (N-methyl/N-ethyl adjacent to an activating group) is 1. The van der Waals surface area contributed by atoms with Crippen LogP contribution in [0.15, 0.2) is 0 Å². The molecule has 0 saturated carbocycles. The summed E-state index contributed by atoms with van der Waals surface area (Å²) in [4.78, 5) is 13.5. The van der Waals surface area contributed by atoms with Crippen LogP contribution in [0, 0.1) is 5.92 Å². The third-order valence-electron chi connectivity index (χ3n) is 3.86. The molecule has 0 amide bonds. The summed E-state index contributed by atoms with van der Waals surface area (Å²) < 4.78 is 0. The Hall–Kier alpha value is -0.570. The van der Waals surface area contributed by atoms with Gasteiger partial charge in [0, 0.05) is 6.54 Å². The molecule has 0 bridgehead atoms. The van der Waals surface area contributed by atoms with Gasteiger partial charge in [-0.15, -0.1) is 0 Å². The highest BCUT2D eigenvalue weighted by atomic mass is 16.4. The Morgan fingerprint density at radius 1 is 1.25 bits per heavy atom. The van der Waals surface area contributed by atoms with Gasteiger partial charge in [-0.1, -0.05) is 40.5 Å². The number of aliphatic carboxylic acids is 1. The maximum Gasteiger partial charge on any atom is 0.323 e. The number of nitrogens with zero attached hydrogens (tertiary/aromatic N) is 1. The monoisotopic (exact) mass is 229 g/mol. The molecular formula is C13H27NO2. The second kappa shape index (κ2) is 6.89. The molecule has 1 atom stereocenters. The van der Waals surface area contributed by atoms with Crippen LogP contribution < -0.4 is 0 Å². The lowest BCUT2D eigenvalue weighted by Crippen LogP contribution is -2.53. The van der Waals surface area contributed by atoms with E-state index in [1.165, 1.54) is 0 Å². The van der Waals surface area contributed by atoms with E-state index in [2.05, 4.69) is 18.7 Å². The average molecular weight is 229 g/mol. The van der Waals surface area contributed by atoms with Crippen LogP contribution in [0.25, 0.3) is 0 Å². The number of rotatable bonds is 8. The van der Waals surface area contributed by atoms with Crippen molar-refractivity contribution in [3.63, 3.8) is 0 Å². The zero-order valence-corrected chi connectivity index (χ0v) is 11.4. The molecule has 0 aromatic carbocycles. The fraction of sp³-hybridized carbons (Fsp3) is 0.923. The van der Waals surface area contributed by atoms with E-state index < -0.39 is 11.5 Å². The van der Waals surface area contributed by atoms with Crippen molar-refractivity contribution in [2.24, 2.45) is 5.92 Å². The molecule has 0 radical (unpaired) electrons. The first kappa shape index (κ1) is 15.4. The predicted molar refractivity (Wildman–Crippen MR) is 67.7 cm³/mol. The van der Waals surface area contributed by atoms with E-state index in [1.807, 2.05) is 20.8 Å². The van der Waals surface area contributed by atoms with Crippen molar-refractivity contribution in [3.8, 4) is 0 Å². The third kappa shape index (κ3) is 3.48. The molecular weight excluding hydrogens is 202 g/mol. The Morgan fingerprint density at radius 3 is 2.00 bits per heavy atom. The lowest BCUT2D eigenvalue weighted by Gasteiger charge is -2.38. The Labute approximate surface area is 99.8 Å². The molecule has 0 rings (SSSR count). The number of hydrogen-bond donors (Lipinski definition) is 1. The molecule has 0 aromatic heterocycles. The van der Waals surface area contributed by atoms with Crippen molar-refractivity contribution in [2.75, 3.05) is 13.1 Å². The van der Waals surface area contributed by atoms with Gasteiger partial charge in [0.15, 0.2) is 0 Å². The molecule has 3 heteroatoms. The topological polar surface area (TPSA) is 40.5 Å². The van der Waals surface area contributed by atoms with Gasteiger partial charge in [-0.05, 0) is 25.8 Å². The molecule has 0 aliphatic carbocycles. The summed E-state index contributed by atoms with van der Waals surface area (Å²) in [6.45, 7) is 11.9. The van der Waals surface area contributed by atoms with Crippen LogP contribution in [0.2, 0.25) is 0 Å². The molecule has 0 saturated heterocycles. The van der Waals surface area contributed by atoms with Gasteiger partial charge in [0.2, 0.25) is 0 Å². The third-order valence-corrected chi connectivity index (χ3v) is 3.86. The van der Waals surface area contributed by atoms with Crippen molar-refractivity contribution in [1.29, 1.82) is 0 Å². The number of carboxylic acid groups (broad SMARTS) is 1. The Kier molecular flexibility index (Phi) is 6.65. The van der Waals surface area contributed by atoms with Crippen LogP contribution >= 0.6 is 0 Å². The summed E-state index contributed by atoms with van der Waals surface area (Å²) in [5.74, 6) is -0.104. The van der Waals surface area contributed by atoms with Crippen LogP contribution in [0.5, 0.6) is 0 Å². The summed E-state index contributed by atoms with van der Waals surface area (Å²) in [5.41, 5.74) is -0.711. The molecule has 1 unspecified atom stereocenters. The molecule has 0 aliphatic heterocycles. The van der Waals surface area contributed by atoms with E-state index in [1.54, 1.807) is 0 Å². The molecule has 0 heterocycles. The van der Waals surface area contributed by atoms with E-state index in [0.29, 0.717) is 12.3 Å². The summed E-state index contributed by atoms with van der Waals surface area (Å²) in [6.07, 6.45) is 2.88. The predicted octanol–water partition coefficient (Wildman–Crippen LogP) is 3.00. The highest BCUT2D eigenvalue weighted by molar-refractivity contribution is 5.78. The average Bonchev–Trinajstić information content (AvgIpc) is 2.29. The molecule has 1 N–H and O–H groups in total. The summed E-state index contributed by atoms with van der Waals surface area (Å²) in [7, 11) is 0. The van der Waals surface area contributed by atoms with Gasteiger partial charge >= 0.3 is 5.97 Å². The summed E-state index contributed by atoms with van der Waals surface area (Å²) >= 11 is 0. The van der Waals surface area contributed by atoms with E-state index in [-0.39, 0.29) is 0 Å². The first-order valence-corrected chi connectivity index (χ1v) is 6.44. The molecule has 96 valence electrons. The molecule has 0 fully saturated rings. The van der Waals surface area contributed by atoms with Crippen molar-refractivity contribution in [2.45, 2.75) is 59.4 Å². The molecule has 3 nitrogen and oxygen atoms in total. The quantitative estimate of drug-likeness (QED) is 0.695. The zero-order chi connectivity index (χ0) is 12.8. The lowest BCUT2D eigenvalue weighted by atomic mass is 9.93. The van der Waals surface area contributed by atoms with Crippen molar-refractivity contribution in [3.05, 3.63) is 0 Å². The van der Waals surface area contributed by atoms with E-state index >= 15 is 0 Å². The van der Waals surface area contributed by atoms with Gasteiger partial charge < -0.3 is 5.11 Å². The van der Waals surface area contributed by atoms with Crippen molar-refractivity contribution >= 4 is 5.97 Å². The fourth-order valence-corrected chi connectivity index (χ4v) is 2.05. The lowest BCUT2D eigenvalue weighted by molar-refractivity contribution is -0.151. The second-order valence-corrected chi connectivity index (χ2v) is 4.65. The van der Waals surface area contributed by atoms with Gasteiger partial charge in [-0.3, -0.25) is 9.69 Å². The minimum Gasteiger partial charge on any atom is -0.480 e. The van der Waals surface area contributed by atoms with E-state index in [4.69, 9.17) is 0 Å². The van der Waals surface area contributed by atoms with Crippen LogP contribution in [0.1, 0.15) is 53.9 Å². The Balaban J connectivity index is 4.75. The molecule has 0 aliphatic rings. The molecule has 0 aromatic rings. The normalized spacial score (nSPS) is 15.4. The fourth-order valence-electron chi connectivity index (χ4n) is 2.05. The largest absolute Gasteiger partial charge is 0.480 e.